The van der Waals surface area contributed by atoms with Gasteiger partial charge in [-0.15, -0.1) is 5.10 Å². The number of nitrogens with zero attached hydrogens (tertiary/aromatic N) is 4. The lowest BCUT2D eigenvalue weighted by atomic mass is 10.2. The Balaban J connectivity index is 1.80. The molecule has 8 nitrogen and oxygen atoms in total. The van der Waals surface area contributed by atoms with Crippen molar-refractivity contribution in [3.05, 3.63) is 11.9 Å². The van der Waals surface area contributed by atoms with E-state index in [-0.39, 0.29) is 19.1 Å². The Kier molecular flexibility index (Phi) is 4.54. The van der Waals surface area contributed by atoms with Crippen LogP contribution >= 0.6 is 0 Å². The average molecular weight is 281 g/mol. The van der Waals surface area contributed by atoms with E-state index in [2.05, 4.69) is 15.6 Å². The van der Waals surface area contributed by atoms with Gasteiger partial charge in [-0.3, -0.25) is 4.79 Å². The topological polar surface area (TPSA) is 100 Å². The summed E-state index contributed by atoms with van der Waals surface area (Å²) >= 11 is 0. The summed E-state index contributed by atoms with van der Waals surface area (Å²) in [7, 11) is 1.80. The van der Waals surface area contributed by atoms with Crippen molar-refractivity contribution >= 4 is 12.0 Å². The number of carbonyl (C=O) groups excluding carboxylic acids is 1. The maximum Gasteiger partial charge on any atom is 0.325 e. The molecule has 0 radical (unpaired) electrons. The van der Waals surface area contributed by atoms with Gasteiger partial charge in [0.2, 0.25) is 0 Å². The summed E-state index contributed by atoms with van der Waals surface area (Å²) in [5, 5.41) is 18.9. The van der Waals surface area contributed by atoms with Gasteiger partial charge in [-0.05, 0) is 12.8 Å². The minimum atomic E-state index is -0.980. The number of carboxylic acids is 1. The number of aliphatic carboxylic acids is 1. The van der Waals surface area contributed by atoms with Crippen LogP contribution in [0.15, 0.2) is 6.20 Å². The molecule has 1 fully saturated rings. The molecule has 1 aromatic heterocycles. The molecule has 1 heterocycles. The van der Waals surface area contributed by atoms with E-state index >= 15 is 0 Å². The minimum Gasteiger partial charge on any atom is -0.480 e. The van der Waals surface area contributed by atoms with Crippen LogP contribution in [0.3, 0.4) is 0 Å². The maximum atomic E-state index is 12.0. The van der Waals surface area contributed by atoms with Crippen molar-refractivity contribution < 1.29 is 14.7 Å². The number of amides is 2. The van der Waals surface area contributed by atoms with Gasteiger partial charge in [0, 0.05) is 13.1 Å². The number of aromatic nitrogens is 3. The molecule has 0 aromatic carbocycles. The van der Waals surface area contributed by atoms with Crippen molar-refractivity contribution in [3.8, 4) is 0 Å². The van der Waals surface area contributed by atoms with Crippen LogP contribution in [0.4, 0.5) is 4.79 Å². The van der Waals surface area contributed by atoms with E-state index < -0.39 is 5.97 Å². The van der Waals surface area contributed by atoms with Crippen LogP contribution < -0.4 is 5.32 Å². The van der Waals surface area contributed by atoms with Crippen LogP contribution in [-0.2, 0) is 17.9 Å². The quantitative estimate of drug-likeness (QED) is 0.816. The second-order valence-corrected chi connectivity index (χ2v) is 5.01. The second-order valence-electron chi connectivity index (χ2n) is 5.01. The first kappa shape index (κ1) is 14.3. The number of hydrogen-bond acceptors (Lipinski definition) is 4. The third-order valence-corrected chi connectivity index (χ3v) is 3.50. The number of urea groups is 1. The van der Waals surface area contributed by atoms with Crippen molar-refractivity contribution in [3.63, 3.8) is 0 Å². The fraction of sp³-hybridized carbons (Fsp3) is 0.667. The number of rotatable bonds is 5. The van der Waals surface area contributed by atoms with Crippen LogP contribution in [-0.4, -0.2) is 50.1 Å². The summed E-state index contributed by atoms with van der Waals surface area (Å²) in [4.78, 5) is 24.2. The van der Waals surface area contributed by atoms with Gasteiger partial charge >= 0.3 is 12.0 Å². The first-order valence-corrected chi connectivity index (χ1v) is 6.67. The number of carbonyl (C=O) groups is 2. The first-order chi connectivity index (χ1) is 9.56. The highest BCUT2D eigenvalue weighted by atomic mass is 16.4. The highest BCUT2D eigenvalue weighted by Gasteiger charge is 2.23. The van der Waals surface area contributed by atoms with Crippen molar-refractivity contribution in [1.29, 1.82) is 0 Å². The molecule has 2 amide bonds. The Morgan fingerprint density at radius 2 is 2.20 bits per heavy atom. The molecule has 110 valence electrons. The smallest absolute Gasteiger partial charge is 0.325 e. The van der Waals surface area contributed by atoms with E-state index in [4.69, 9.17) is 5.11 Å². The lowest BCUT2D eigenvalue weighted by Gasteiger charge is -2.24. The molecule has 1 aliphatic rings. The predicted octanol–water partition coefficient (Wildman–Crippen LogP) is 0.447. The van der Waals surface area contributed by atoms with Crippen molar-refractivity contribution in [2.45, 2.75) is 44.8 Å². The summed E-state index contributed by atoms with van der Waals surface area (Å²) in [5.74, 6) is -0.980. The largest absolute Gasteiger partial charge is 0.480 e. The van der Waals surface area contributed by atoms with Gasteiger partial charge in [-0.2, -0.15) is 0 Å². The molecular weight excluding hydrogens is 262 g/mol. The lowest BCUT2D eigenvalue weighted by Crippen LogP contribution is -2.42. The number of carboxylic acid groups (broad SMARTS) is 1. The second kappa shape index (κ2) is 6.36. The normalized spacial score (nSPS) is 15.2. The lowest BCUT2D eigenvalue weighted by molar-refractivity contribution is -0.137. The van der Waals surface area contributed by atoms with Gasteiger partial charge in [-0.1, -0.05) is 18.1 Å². The van der Waals surface area contributed by atoms with E-state index in [1.54, 1.807) is 11.9 Å². The van der Waals surface area contributed by atoms with E-state index in [1.165, 1.54) is 23.7 Å². The molecule has 0 atom stereocenters. The Morgan fingerprint density at radius 1 is 1.50 bits per heavy atom. The zero-order valence-electron chi connectivity index (χ0n) is 11.4. The maximum absolute atomic E-state index is 12.0. The van der Waals surface area contributed by atoms with Crippen LogP contribution in [0.2, 0.25) is 0 Å². The van der Waals surface area contributed by atoms with Gasteiger partial charge in [0.1, 0.15) is 12.2 Å². The molecule has 2 rings (SSSR count). The van der Waals surface area contributed by atoms with Gasteiger partial charge in [0.25, 0.3) is 0 Å². The summed E-state index contributed by atoms with van der Waals surface area (Å²) in [6.07, 6.45) is 5.97. The molecule has 8 heteroatoms. The molecule has 1 aliphatic carbocycles. The standard InChI is InChI=1S/C12H19N5O3/c1-16(10-4-2-3-5-10)12(20)13-6-9-7-17(15-14-9)8-11(18)19/h7,10H,2-6,8H2,1H3,(H,13,20)(H,18,19). The SMILES string of the molecule is CN(C(=O)NCc1cn(CC(=O)O)nn1)C1CCCC1. The zero-order chi connectivity index (χ0) is 14.5. The zero-order valence-corrected chi connectivity index (χ0v) is 11.4. The van der Waals surface area contributed by atoms with Gasteiger partial charge in [0.15, 0.2) is 0 Å². The van der Waals surface area contributed by atoms with Crippen LogP contribution in [0, 0.1) is 0 Å². The summed E-state index contributed by atoms with van der Waals surface area (Å²) in [6, 6.07) is 0.183. The Labute approximate surface area is 116 Å². The van der Waals surface area contributed by atoms with E-state index in [0.717, 1.165) is 12.8 Å². The molecular formula is C12H19N5O3. The molecule has 20 heavy (non-hydrogen) atoms. The molecule has 0 bridgehead atoms. The first-order valence-electron chi connectivity index (χ1n) is 6.67. The Hall–Kier alpha value is -2.12. The van der Waals surface area contributed by atoms with Crippen molar-refractivity contribution in [1.82, 2.24) is 25.2 Å². The summed E-state index contributed by atoms with van der Waals surface area (Å²) < 4.78 is 1.23. The van der Waals surface area contributed by atoms with Gasteiger partial charge < -0.3 is 15.3 Å². The van der Waals surface area contributed by atoms with Gasteiger partial charge in [-0.25, -0.2) is 9.48 Å². The van der Waals surface area contributed by atoms with E-state index in [0.29, 0.717) is 11.7 Å². The van der Waals surface area contributed by atoms with E-state index in [9.17, 15) is 9.59 Å². The van der Waals surface area contributed by atoms with Crippen LogP contribution in [0.5, 0.6) is 0 Å². The molecule has 1 saturated carbocycles. The predicted molar refractivity (Wildman–Crippen MR) is 69.9 cm³/mol. The molecule has 2 N–H and O–H groups in total. The fourth-order valence-corrected chi connectivity index (χ4v) is 2.38. The van der Waals surface area contributed by atoms with Gasteiger partial charge in [0.05, 0.1) is 12.7 Å². The molecule has 0 spiro atoms. The molecule has 0 saturated heterocycles. The van der Waals surface area contributed by atoms with Crippen molar-refractivity contribution in [2.24, 2.45) is 0 Å². The van der Waals surface area contributed by atoms with Crippen molar-refractivity contribution in [2.75, 3.05) is 7.05 Å². The number of hydrogen-bond donors (Lipinski definition) is 2. The third-order valence-electron chi connectivity index (χ3n) is 3.50. The summed E-state index contributed by atoms with van der Waals surface area (Å²) in [6.45, 7) is 0.0123. The Bertz CT molecular complexity index is 481. The monoisotopic (exact) mass is 281 g/mol. The molecule has 1 aromatic rings. The number of nitrogens with one attached hydrogen (secondary N) is 1. The Morgan fingerprint density at radius 3 is 2.85 bits per heavy atom. The fourth-order valence-electron chi connectivity index (χ4n) is 2.38. The van der Waals surface area contributed by atoms with E-state index in [1.807, 2.05) is 0 Å². The highest BCUT2D eigenvalue weighted by molar-refractivity contribution is 5.74. The molecule has 0 aliphatic heterocycles. The van der Waals surface area contributed by atoms with Crippen LogP contribution in [0.1, 0.15) is 31.4 Å². The summed E-state index contributed by atoms with van der Waals surface area (Å²) in [5.41, 5.74) is 0.541. The minimum absolute atomic E-state index is 0.135. The third kappa shape index (κ3) is 3.69. The highest BCUT2D eigenvalue weighted by Crippen LogP contribution is 2.22. The average Bonchev–Trinajstić information content (AvgIpc) is 3.05. The molecule has 0 unspecified atom stereocenters. The van der Waals surface area contributed by atoms with Crippen LogP contribution in [0.25, 0.3) is 0 Å².